The largest absolute Gasteiger partial charge is 0.322 e. The first-order chi connectivity index (χ1) is 14.3. The average molecular weight is 459 g/mol. The molecule has 4 rings (SSSR count). The highest BCUT2D eigenvalue weighted by molar-refractivity contribution is 9.10. The highest BCUT2D eigenvalue weighted by atomic mass is 79.9. The van der Waals surface area contributed by atoms with Crippen molar-refractivity contribution in [2.75, 3.05) is 5.32 Å². The maximum Gasteiger partial charge on any atom is 0.256 e. The molecular weight excluding hydrogens is 436 g/mol. The molecule has 0 aliphatic carbocycles. The lowest BCUT2D eigenvalue weighted by Gasteiger charge is -2.15. The first-order valence-corrected chi connectivity index (χ1v) is 10.7. The van der Waals surface area contributed by atoms with Crippen LogP contribution in [0.1, 0.15) is 32.6 Å². The van der Waals surface area contributed by atoms with Crippen molar-refractivity contribution >= 4 is 38.4 Å². The van der Waals surface area contributed by atoms with Crippen LogP contribution in [-0.4, -0.2) is 10.9 Å². The number of rotatable bonds is 3. The van der Waals surface area contributed by atoms with Crippen LogP contribution in [0.4, 0.5) is 5.69 Å². The summed E-state index contributed by atoms with van der Waals surface area (Å²) >= 11 is 3.55. The van der Waals surface area contributed by atoms with Gasteiger partial charge in [0.2, 0.25) is 0 Å². The molecule has 4 heteroatoms. The molecule has 30 heavy (non-hydrogen) atoms. The summed E-state index contributed by atoms with van der Waals surface area (Å²) in [5.41, 5.74) is 8.35. The van der Waals surface area contributed by atoms with Gasteiger partial charge in [-0.15, -0.1) is 0 Å². The van der Waals surface area contributed by atoms with E-state index in [1.807, 2.05) is 82.3 Å². The molecule has 0 fully saturated rings. The summed E-state index contributed by atoms with van der Waals surface area (Å²) in [6.07, 6.45) is 0. The monoisotopic (exact) mass is 458 g/mol. The van der Waals surface area contributed by atoms with Crippen molar-refractivity contribution in [1.29, 1.82) is 0 Å². The first kappa shape index (κ1) is 20.3. The van der Waals surface area contributed by atoms with Crippen molar-refractivity contribution in [3.63, 3.8) is 0 Å². The Kier molecular flexibility index (Phi) is 5.44. The Bertz CT molecular complexity index is 1280. The standard InChI is InChI=1S/C26H23BrN2O/c1-15-10-18(4)25-20(11-15)21(14-24(28-25)19-8-6-5-7-9-19)26(30)29-23-13-16(2)22(27)12-17(23)3/h5-14H,1-4H3,(H,29,30). The van der Waals surface area contributed by atoms with E-state index in [-0.39, 0.29) is 5.91 Å². The summed E-state index contributed by atoms with van der Waals surface area (Å²) in [5.74, 6) is -0.130. The smallest absolute Gasteiger partial charge is 0.256 e. The van der Waals surface area contributed by atoms with Crippen LogP contribution >= 0.6 is 15.9 Å². The normalized spacial score (nSPS) is 11.0. The summed E-state index contributed by atoms with van der Waals surface area (Å²) in [7, 11) is 0. The van der Waals surface area contributed by atoms with Crippen LogP contribution in [0, 0.1) is 27.7 Å². The van der Waals surface area contributed by atoms with Crippen LogP contribution in [0.2, 0.25) is 0 Å². The van der Waals surface area contributed by atoms with E-state index in [1.165, 1.54) is 0 Å². The number of nitrogens with one attached hydrogen (secondary N) is 1. The molecule has 0 saturated carbocycles. The molecule has 0 bridgehead atoms. The van der Waals surface area contributed by atoms with Crippen LogP contribution in [0.3, 0.4) is 0 Å². The molecule has 4 aromatic rings. The Morgan fingerprint density at radius 1 is 0.867 bits per heavy atom. The Hall–Kier alpha value is -2.98. The topological polar surface area (TPSA) is 42.0 Å². The first-order valence-electron chi connectivity index (χ1n) is 9.89. The quantitative estimate of drug-likeness (QED) is 0.354. The van der Waals surface area contributed by atoms with Crippen molar-refractivity contribution in [1.82, 2.24) is 4.98 Å². The lowest BCUT2D eigenvalue weighted by molar-refractivity contribution is 0.102. The van der Waals surface area contributed by atoms with Gasteiger partial charge in [-0.1, -0.05) is 57.9 Å². The Labute approximate surface area is 185 Å². The molecular formula is C26H23BrN2O. The number of benzene rings is 3. The molecule has 1 amide bonds. The fourth-order valence-corrected chi connectivity index (χ4v) is 4.19. The van der Waals surface area contributed by atoms with Gasteiger partial charge in [0.05, 0.1) is 16.8 Å². The maximum atomic E-state index is 13.4. The van der Waals surface area contributed by atoms with Crippen LogP contribution in [-0.2, 0) is 0 Å². The Balaban J connectivity index is 1.88. The van der Waals surface area contributed by atoms with E-state index in [0.29, 0.717) is 5.56 Å². The zero-order valence-corrected chi connectivity index (χ0v) is 19.1. The van der Waals surface area contributed by atoms with Gasteiger partial charge in [-0.25, -0.2) is 4.98 Å². The van der Waals surface area contributed by atoms with Crippen LogP contribution in [0.5, 0.6) is 0 Å². The summed E-state index contributed by atoms with van der Waals surface area (Å²) in [6.45, 7) is 8.10. The number of hydrogen-bond donors (Lipinski definition) is 1. The van der Waals surface area contributed by atoms with Gasteiger partial charge in [-0.05, 0) is 68.7 Å². The number of pyridine rings is 1. The molecule has 0 saturated heterocycles. The van der Waals surface area contributed by atoms with Gasteiger partial charge in [0.15, 0.2) is 0 Å². The predicted octanol–water partition coefficient (Wildman–Crippen LogP) is 7.15. The number of halogens is 1. The molecule has 0 radical (unpaired) electrons. The molecule has 1 heterocycles. The van der Waals surface area contributed by atoms with E-state index in [0.717, 1.165) is 54.6 Å². The molecule has 0 aliphatic heterocycles. The molecule has 0 aliphatic rings. The van der Waals surface area contributed by atoms with Crippen LogP contribution in [0.15, 0.2) is 65.1 Å². The molecule has 1 N–H and O–H groups in total. The number of nitrogens with zero attached hydrogens (tertiary/aromatic N) is 1. The van der Waals surface area contributed by atoms with Crippen molar-refractivity contribution in [2.45, 2.75) is 27.7 Å². The lowest BCUT2D eigenvalue weighted by atomic mass is 9.99. The minimum Gasteiger partial charge on any atom is -0.322 e. The zero-order chi connectivity index (χ0) is 21.4. The van der Waals surface area contributed by atoms with Crippen LogP contribution < -0.4 is 5.32 Å². The summed E-state index contributed by atoms with van der Waals surface area (Å²) in [6, 6.07) is 20.0. The highest BCUT2D eigenvalue weighted by Gasteiger charge is 2.17. The summed E-state index contributed by atoms with van der Waals surface area (Å²) in [4.78, 5) is 18.3. The van der Waals surface area contributed by atoms with Gasteiger partial charge in [-0.2, -0.15) is 0 Å². The number of aromatic nitrogens is 1. The van der Waals surface area contributed by atoms with E-state index >= 15 is 0 Å². The van der Waals surface area contributed by atoms with Gasteiger partial charge in [-0.3, -0.25) is 4.79 Å². The molecule has 0 spiro atoms. The zero-order valence-electron chi connectivity index (χ0n) is 17.5. The van der Waals surface area contributed by atoms with E-state index in [4.69, 9.17) is 4.98 Å². The number of anilines is 1. The highest BCUT2D eigenvalue weighted by Crippen LogP contribution is 2.30. The van der Waals surface area contributed by atoms with Gasteiger partial charge in [0.1, 0.15) is 0 Å². The molecule has 1 aromatic heterocycles. The molecule has 3 nitrogen and oxygen atoms in total. The van der Waals surface area contributed by atoms with Crippen molar-refractivity contribution in [3.05, 3.63) is 93.0 Å². The third-order valence-electron chi connectivity index (χ3n) is 5.32. The second-order valence-electron chi connectivity index (χ2n) is 7.77. The van der Waals surface area contributed by atoms with E-state index in [2.05, 4.69) is 27.3 Å². The van der Waals surface area contributed by atoms with E-state index in [9.17, 15) is 4.79 Å². The van der Waals surface area contributed by atoms with Crippen LogP contribution in [0.25, 0.3) is 22.2 Å². The fraction of sp³-hybridized carbons (Fsp3) is 0.154. The average Bonchev–Trinajstić information content (AvgIpc) is 2.72. The predicted molar refractivity (Wildman–Crippen MR) is 128 cm³/mol. The Morgan fingerprint density at radius 3 is 2.33 bits per heavy atom. The summed E-state index contributed by atoms with van der Waals surface area (Å²) in [5, 5.41) is 3.99. The second kappa shape index (κ2) is 8.04. The number of fused-ring (bicyclic) bond motifs is 1. The molecule has 3 aromatic carbocycles. The maximum absolute atomic E-state index is 13.4. The minimum absolute atomic E-state index is 0.130. The number of carbonyl (C=O) groups excluding carboxylic acids is 1. The number of carbonyl (C=O) groups is 1. The van der Waals surface area contributed by atoms with Gasteiger partial charge in [0, 0.05) is 21.1 Å². The van der Waals surface area contributed by atoms with Crippen molar-refractivity contribution in [2.24, 2.45) is 0 Å². The Morgan fingerprint density at radius 2 is 1.60 bits per heavy atom. The third kappa shape index (κ3) is 3.88. The lowest BCUT2D eigenvalue weighted by Crippen LogP contribution is -2.14. The van der Waals surface area contributed by atoms with Gasteiger partial charge in [0.25, 0.3) is 5.91 Å². The molecule has 0 atom stereocenters. The van der Waals surface area contributed by atoms with Gasteiger partial charge >= 0.3 is 0 Å². The van der Waals surface area contributed by atoms with Crippen molar-refractivity contribution < 1.29 is 4.79 Å². The number of aryl methyl sites for hydroxylation is 4. The minimum atomic E-state index is -0.130. The SMILES string of the molecule is Cc1cc(C)c2nc(-c3ccccc3)cc(C(=O)Nc3cc(C)c(Br)cc3C)c2c1. The number of amides is 1. The second-order valence-corrected chi connectivity index (χ2v) is 8.62. The van der Waals surface area contributed by atoms with E-state index in [1.54, 1.807) is 0 Å². The molecule has 150 valence electrons. The summed E-state index contributed by atoms with van der Waals surface area (Å²) < 4.78 is 1.03. The van der Waals surface area contributed by atoms with Gasteiger partial charge < -0.3 is 5.32 Å². The third-order valence-corrected chi connectivity index (χ3v) is 6.17. The fourth-order valence-electron chi connectivity index (χ4n) is 3.73. The van der Waals surface area contributed by atoms with Crippen molar-refractivity contribution in [3.8, 4) is 11.3 Å². The van der Waals surface area contributed by atoms with E-state index < -0.39 is 0 Å². The number of hydrogen-bond acceptors (Lipinski definition) is 2. The molecule has 0 unspecified atom stereocenters.